The van der Waals surface area contributed by atoms with E-state index in [2.05, 4.69) is 0 Å². The number of carbonyl (C=O) groups excluding carboxylic acids is 1. The zero-order chi connectivity index (χ0) is 20.3. The van der Waals surface area contributed by atoms with E-state index in [1.165, 1.54) is 0 Å². The fourth-order valence-corrected chi connectivity index (χ4v) is 4.97. The first kappa shape index (κ1) is 19.7. The van der Waals surface area contributed by atoms with Gasteiger partial charge in [-0.15, -0.1) is 0 Å². The van der Waals surface area contributed by atoms with Crippen LogP contribution in [0.1, 0.15) is 31.2 Å². The van der Waals surface area contributed by atoms with E-state index in [0.29, 0.717) is 41.7 Å². The highest BCUT2D eigenvalue weighted by molar-refractivity contribution is 7.89. The standard InChI is InChI=1S/C21H23NO6S/c23-21(28-17-7-10-19-20(14-17)27-15-26-19)11-6-16-4-8-18(9-5-16)29(24,25)22-12-2-1-3-13-22/h4-5,7-10,14H,1-3,6,11-13,15H2. The van der Waals surface area contributed by atoms with Gasteiger partial charge in [-0.05, 0) is 49.1 Å². The van der Waals surface area contributed by atoms with Crippen LogP contribution in [0.2, 0.25) is 0 Å². The summed E-state index contributed by atoms with van der Waals surface area (Å²) < 4.78 is 42.7. The summed E-state index contributed by atoms with van der Waals surface area (Å²) in [4.78, 5) is 12.4. The largest absolute Gasteiger partial charge is 0.454 e. The maximum Gasteiger partial charge on any atom is 0.311 e. The van der Waals surface area contributed by atoms with E-state index in [9.17, 15) is 13.2 Å². The predicted molar refractivity (Wildman–Crippen MR) is 106 cm³/mol. The van der Waals surface area contributed by atoms with Gasteiger partial charge in [-0.3, -0.25) is 4.79 Å². The Bertz CT molecular complexity index is 981. The predicted octanol–water partition coefficient (Wildman–Crippen LogP) is 3.13. The summed E-state index contributed by atoms with van der Waals surface area (Å²) in [5, 5.41) is 0. The van der Waals surface area contributed by atoms with Crippen LogP contribution in [0.5, 0.6) is 17.2 Å². The third kappa shape index (κ3) is 4.54. The average Bonchev–Trinajstić information content (AvgIpc) is 3.21. The highest BCUT2D eigenvalue weighted by Gasteiger charge is 2.25. The summed E-state index contributed by atoms with van der Waals surface area (Å²) in [6, 6.07) is 11.7. The zero-order valence-electron chi connectivity index (χ0n) is 16.0. The van der Waals surface area contributed by atoms with Crippen molar-refractivity contribution in [3.05, 3.63) is 48.0 Å². The number of esters is 1. The fraction of sp³-hybridized carbons (Fsp3) is 0.381. The van der Waals surface area contributed by atoms with E-state index >= 15 is 0 Å². The number of hydrogen-bond donors (Lipinski definition) is 0. The van der Waals surface area contributed by atoms with Crippen LogP contribution in [0, 0.1) is 0 Å². The molecule has 1 fully saturated rings. The topological polar surface area (TPSA) is 82.1 Å². The molecular weight excluding hydrogens is 394 g/mol. The monoisotopic (exact) mass is 417 g/mol. The van der Waals surface area contributed by atoms with Gasteiger partial charge in [0.2, 0.25) is 16.8 Å². The van der Waals surface area contributed by atoms with Crippen molar-refractivity contribution >= 4 is 16.0 Å². The van der Waals surface area contributed by atoms with Gasteiger partial charge in [0.25, 0.3) is 0 Å². The third-order valence-corrected chi connectivity index (χ3v) is 6.98. The number of sulfonamides is 1. The highest BCUT2D eigenvalue weighted by Crippen LogP contribution is 2.35. The van der Waals surface area contributed by atoms with Crippen molar-refractivity contribution < 1.29 is 27.4 Å². The number of ether oxygens (including phenoxy) is 3. The summed E-state index contributed by atoms with van der Waals surface area (Å²) >= 11 is 0. The van der Waals surface area contributed by atoms with Gasteiger partial charge in [-0.1, -0.05) is 18.6 Å². The van der Waals surface area contributed by atoms with E-state index in [-0.39, 0.29) is 19.2 Å². The van der Waals surface area contributed by atoms with E-state index < -0.39 is 10.0 Å². The average molecular weight is 417 g/mol. The van der Waals surface area contributed by atoms with Crippen LogP contribution in [0.3, 0.4) is 0 Å². The molecule has 0 N–H and O–H groups in total. The molecule has 0 amide bonds. The molecule has 7 nitrogen and oxygen atoms in total. The molecule has 0 saturated carbocycles. The minimum Gasteiger partial charge on any atom is -0.454 e. The van der Waals surface area contributed by atoms with Gasteiger partial charge < -0.3 is 14.2 Å². The molecule has 2 heterocycles. The lowest BCUT2D eigenvalue weighted by atomic mass is 10.1. The number of carbonyl (C=O) groups is 1. The van der Waals surface area contributed by atoms with Crippen LogP contribution in [0.15, 0.2) is 47.4 Å². The van der Waals surface area contributed by atoms with Crippen molar-refractivity contribution in [2.45, 2.75) is 37.0 Å². The highest BCUT2D eigenvalue weighted by atomic mass is 32.2. The number of nitrogens with zero attached hydrogens (tertiary/aromatic N) is 1. The fourth-order valence-electron chi connectivity index (χ4n) is 3.45. The summed E-state index contributed by atoms with van der Waals surface area (Å²) in [7, 11) is -3.44. The molecule has 0 spiro atoms. The summed E-state index contributed by atoms with van der Waals surface area (Å²) in [5.74, 6) is 1.22. The summed E-state index contributed by atoms with van der Waals surface area (Å²) in [5.41, 5.74) is 0.880. The van der Waals surface area contributed by atoms with Gasteiger partial charge in [0.15, 0.2) is 11.5 Å². The van der Waals surface area contributed by atoms with Crippen molar-refractivity contribution in [1.29, 1.82) is 0 Å². The molecule has 2 aromatic rings. The normalized spacial score (nSPS) is 16.6. The Labute approximate surface area is 170 Å². The Kier molecular flexibility index (Phi) is 5.73. The van der Waals surface area contributed by atoms with Gasteiger partial charge in [0, 0.05) is 25.6 Å². The number of benzene rings is 2. The molecule has 4 rings (SSSR count). The first-order valence-corrected chi connectivity index (χ1v) is 11.2. The molecule has 29 heavy (non-hydrogen) atoms. The Morgan fingerprint density at radius 1 is 0.966 bits per heavy atom. The van der Waals surface area contributed by atoms with Gasteiger partial charge >= 0.3 is 5.97 Å². The number of rotatable bonds is 6. The first-order valence-electron chi connectivity index (χ1n) is 9.72. The summed E-state index contributed by atoms with van der Waals surface area (Å²) in [6.07, 6.45) is 3.54. The maximum absolute atomic E-state index is 12.7. The van der Waals surface area contributed by atoms with Crippen LogP contribution < -0.4 is 14.2 Å². The molecule has 154 valence electrons. The van der Waals surface area contributed by atoms with Crippen molar-refractivity contribution in [3.8, 4) is 17.2 Å². The lowest BCUT2D eigenvalue weighted by Gasteiger charge is -2.25. The summed E-state index contributed by atoms with van der Waals surface area (Å²) in [6.45, 7) is 1.32. The minimum absolute atomic E-state index is 0.163. The van der Waals surface area contributed by atoms with Crippen LogP contribution >= 0.6 is 0 Å². The second-order valence-corrected chi connectivity index (χ2v) is 9.04. The molecule has 0 unspecified atom stereocenters. The molecule has 2 aromatic carbocycles. The molecule has 8 heteroatoms. The van der Waals surface area contributed by atoms with E-state index in [0.717, 1.165) is 24.8 Å². The molecule has 0 atom stereocenters. The lowest BCUT2D eigenvalue weighted by Crippen LogP contribution is -2.35. The SMILES string of the molecule is O=C(CCc1ccc(S(=O)(=O)N2CCCCC2)cc1)Oc1ccc2c(c1)OCO2. The molecule has 0 aliphatic carbocycles. The van der Waals surface area contributed by atoms with Crippen molar-refractivity contribution in [1.82, 2.24) is 4.31 Å². The number of hydrogen-bond acceptors (Lipinski definition) is 6. The Morgan fingerprint density at radius 3 is 2.45 bits per heavy atom. The molecule has 2 aliphatic heterocycles. The van der Waals surface area contributed by atoms with Crippen LogP contribution in [0.4, 0.5) is 0 Å². The zero-order valence-corrected chi connectivity index (χ0v) is 16.8. The Balaban J connectivity index is 1.32. The molecule has 0 radical (unpaired) electrons. The minimum atomic E-state index is -3.44. The third-order valence-electron chi connectivity index (χ3n) is 5.07. The quantitative estimate of drug-likeness (QED) is 0.531. The van der Waals surface area contributed by atoms with E-state index in [1.807, 2.05) is 0 Å². The van der Waals surface area contributed by atoms with E-state index in [4.69, 9.17) is 14.2 Å². The smallest absolute Gasteiger partial charge is 0.311 e. The number of aryl methyl sites for hydroxylation is 1. The van der Waals surface area contributed by atoms with Crippen LogP contribution in [-0.2, 0) is 21.2 Å². The Morgan fingerprint density at radius 2 is 1.69 bits per heavy atom. The maximum atomic E-state index is 12.7. The Hall–Kier alpha value is -2.58. The molecule has 0 aromatic heterocycles. The van der Waals surface area contributed by atoms with Crippen LogP contribution in [0.25, 0.3) is 0 Å². The number of piperidine rings is 1. The second kappa shape index (κ2) is 8.42. The van der Waals surface area contributed by atoms with E-state index in [1.54, 1.807) is 46.8 Å². The molecular formula is C21H23NO6S. The van der Waals surface area contributed by atoms with Gasteiger partial charge in [0.05, 0.1) is 4.90 Å². The number of fused-ring (bicyclic) bond motifs is 1. The van der Waals surface area contributed by atoms with Crippen molar-refractivity contribution in [3.63, 3.8) is 0 Å². The van der Waals surface area contributed by atoms with Crippen LogP contribution in [-0.4, -0.2) is 38.6 Å². The lowest BCUT2D eigenvalue weighted by molar-refractivity contribution is -0.134. The molecule has 2 aliphatic rings. The van der Waals surface area contributed by atoms with Gasteiger partial charge in [0.1, 0.15) is 5.75 Å². The van der Waals surface area contributed by atoms with Crippen molar-refractivity contribution in [2.75, 3.05) is 19.9 Å². The first-order chi connectivity index (χ1) is 14.0. The molecule has 0 bridgehead atoms. The van der Waals surface area contributed by atoms with Crippen molar-refractivity contribution in [2.24, 2.45) is 0 Å². The second-order valence-electron chi connectivity index (χ2n) is 7.10. The van der Waals surface area contributed by atoms with Gasteiger partial charge in [-0.25, -0.2) is 8.42 Å². The van der Waals surface area contributed by atoms with Gasteiger partial charge in [-0.2, -0.15) is 4.31 Å². The molecule has 1 saturated heterocycles.